The zero-order chi connectivity index (χ0) is 20.0. The number of allylic oxidation sites excluding steroid dienone is 2. The van der Waals surface area contributed by atoms with Gasteiger partial charge in [-0.05, 0) is 71.9 Å². The maximum Gasteiger partial charge on any atom is 0.191 e. The topological polar surface area (TPSA) is 22.4 Å². The van der Waals surface area contributed by atoms with E-state index in [1.54, 1.807) is 6.26 Å². The molecule has 1 aliphatic heterocycles. The summed E-state index contributed by atoms with van der Waals surface area (Å²) in [4.78, 5) is 0. The van der Waals surface area contributed by atoms with E-state index in [0.717, 1.165) is 31.6 Å². The Morgan fingerprint density at radius 2 is 2.00 bits per heavy atom. The summed E-state index contributed by atoms with van der Waals surface area (Å²) in [6, 6.07) is 4.14. The fourth-order valence-electron chi connectivity index (χ4n) is 2.74. The standard InChI is InChI=1S/C21H35BrO2S2Si/c1-20(2,3)27(4,5)24-14-8-6-7-11-18(22)17-21(19-12-9-13-23-19)25-15-10-16-26-21/h9,11-13H,6-8,10,14-17H2,1-5H3/b18-11-. The predicted octanol–water partition coefficient (Wildman–Crippen LogP) is 8.16. The Hall–Kier alpha value is 0.377. The van der Waals surface area contributed by atoms with Crippen LogP contribution in [0.1, 0.15) is 58.6 Å². The maximum atomic E-state index is 6.27. The van der Waals surface area contributed by atoms with Gasteiger partial charge in [0.05, 0.1) is 6.26 Å². The van der Waals surface area contributed by atoms with Gasteiger partial charge in [0.25, 0.3) is 0 Å². The van der Waals surface area contributed by atoms with Crippen molar-refractivity contribution < 1.29 is 8.84 Å². The predicted molar refractivity (Wildman–Crippen MR) is 129 cm³/mol. The van der Waals surface area contributed by atoms with Crippen molar-refractivity contribution in [2.45, 2.75) is 75.1 Å². The van der Waals surface area contributed by atoms with Crippen LogP contribution in [0.15, 0.2) is 33.4 Å². The summed E-state index contributed by atoms with van der Waals surface area (Å²) < 4.78 is 13.4. The number of halogens is 1. The van der Waals surface area contributed by atoms with Crippen molar-refractivity contribution in [1.82, 2.24) is 0 Å². The maximum absolute atomic E-state index is 6.27. The molecule has 27 heavy (non-hydrogen) atoms. The van der Waals surface area contributed by atoms with E-state index in [1.165, 1.54) is 28.8 Å². The van der Waals surface area contributed by atoms with E-state index in [0.29, 0.717) is 5.04 Å². The quantitative estimate of drug-likeness (QED) is 0.257. The van der Waals surface area contributed by atoms with E-state index in [4.69, 9.17) is 8.84 Å². The van der Waals surface area contributed by atoms with E-state index in [2.05, 4.69) is 61.9 Å². The van der Waals surface area contributed by atoms with Crippen LogP contribution in [0.25, 0.3) is 0 Å². The lowest BCUT2D eigenvalue weighted by molar-refractivity contribution is 0.279. The summed E-state index contributed by atoms with van der Waals surface area (Å²) in [5.74, 6) is 3.52. The average Bonchev–Trinajstić information content (AvgIpc) is 3.13. The average molecular weight is 492 g/mol. The first-order valence-corrected chi connectivity index (χ1v) is 15.6. The second kappa shape index (κ2) is 10.4. The van der Waals surface area contributed by atoms with Gasteiger partial charge in [-0.15, -0.1) is 23.5 Å². The summed E-state index contributed by atoms with van der Waals surface area (Å²) in [5, 5.41) is 0.297. The van der Waals surface area contributed by atoms with Gasteiger partial charge in [-0.25, -0.2) is 0 Å². The van der Waals surface area contributed by atoms with Crippen molar-refractivity contribution >= 4 is 47.8 Å². The van der Waals surface area contributed by atoms with Gasteiger partial charge in [0.2, 0.25) is 0 Å². The molecule has 2 heterocycles. The van der Waals surface area contributed by atoms with E-state index >= 15 is 0 Å². The highest BCUT2D eigenvalue weighted by atomic mass is 79.9. The molecule has 0 radical (unpaired) electrons. The van der Waals surface area contributed by atoms with Gasteiger partial charge in [-0.2, -0.15) is 0 Å². The van der Waals surface area contributed by atoms with E-state index in [-0.39, 0.29) is 4.08 Å². The molecule has 1 aliphatic rings. The molecule has 0 spiro atoms. The molecule has 2 rings (SSSR count). The monoisotopic (exact) mass is 490 g/mol. The number of hydrogen-bond acceptors (Lipinski definition) is 4. The van der Waals surface area contributed by atoms with Crippen LogP contribution in [0.2, 0.25) is 18.1 Å². The molecular formula is C21H35BrO2S2Si. The third-order valence-electron chi connectivity index (χ3n) is 5.49. The number of hydrogen-bond donors (Lipinski definition) is 0. The second-order valence-electron chi connectivity index (χ2n) is 8.71. The fraction of sp³-hybridized carbons (Fsp3) is 0.714. The van der Waals surface area contributed by atoms with Gasteiger partial charge >= 0.3 is 0 Å². The van der Waals surface area contributed by atoms with Gasteiger partial charge in [0.1, 0.15) is 9.84 Å². The summed E-state index contributed by atoms with van der Waals surface area (Å²) in [6.07, 6.45) is 9.85. The van der Waals surface area contributed by atoms with Crippen LogP contribution in [0.4, 0.5) is 0 Å². The zero-order valence-corrected chi connectivity index (χ0v) is 21.7. The largest absolute Gasteiger partial charge is 0.467 e. The lowest BCUT2D eigenvalue weighted by Gasteiger charge is -2.36. The highest BCUT2D eigenvalue weighted by Crippen LogP contribution is 2.54. The molecule has 1 aromatic rings. The van der Waals surface area contributed by atoms with Crippen LogP contribution in [-0.4, -0.2) is 26.4 Å². The summed E-state index contributed by atoms with van der Waals surface area (Å²) in [5.41, 5.74) is 0. The molecule has 0 bridgehead atoms. The van der Waals surface area contributed by atoms with Crippen LogP contribution < -0.4 is 0 Å². The first kappa shape index (κ1) is 23.7. The molecule has 154 valence electrons. The van der Waals surface area contributed by atoms with Crippen molar-refractivity contribution in [3.8, 4) is 0 Å². The molecule has 1 saturated heterocycles. The Morgan fingerprint density at radius 1 is 1.30 bits per heavy atom. The van der Waals surface area contributed by atoms with E-state index in [9.17, 15) is 0 Å². The number of rotatable bonds is 9. The van der Waals surface area contributed by atoms with Crippen LogP contribution >= 0.6 is 39.5 Å². The van der Waals surface area contributed by atoms with Crippen molar-refractivity contribution in [3.05, 3.63) is 34.7 Å². The Kier molecular flexibility index (Phi) is 9.13. The third-order valence-corrected chi connectivity index (χ3v) is 13.9. The van der Waals surface area contributed by atoms with Crippen molar-refractivity contribution in [1.29, 1.82) is 0 Å². The summed E-state index contributed by atoms with van der Waals surface area (Å²) >= 11 is 7.89. The molecule has 0 unspecified atom stereocenters. The smallest absolute Gasteiger partial charge is 0.191 e. The van der Waals surface area contributed by atoms with Crippen molar-refractivity contribution in [2.75, 3.05) is 18.1 Å². The molecule has 1 aromatic heterocycles. The minimum atomic E-state index is -1.60. The Bertz CT molecular complexity index is 588. The molecule has 1 fully saturated rings. The van der Waals surface area contributed by atoms with Crippen LogP contribution in [-0.2, 0) is 8.51 Å². The van der Waals surface area contributed by atoms with Crippen LogP contribution in [0, 0.1) is 0 Å². The lowest BCUT2D eigenvalue weighted by Crippen LogP contribution is -2.40. The third kappa shape index (κ3) is 6.98. The van der Waals surface area contributed by atoms with Gasteiger partial charge in [0.15, 0.2) is 8.32 Å². The first-order valence-electron chi connectivity index (χ1n) is 9.97. The van der Waals surface area contributed by atoms with Crippen molar-refractivity contribution in [3.63, 3.8) is 0 Å². The summed E-state index contributed by atoms with van der Waals surface area (Å²) in [6.45, 7) is 12.5. The molecular weight excluding hydrogens is 456 g/mol. The van der Waals surface area contributed by atoms with Gasteiger partial charge < -0.3 is 8.84 Å². The Morgan fingerprint density at radius 3 is 2.59 bits per heavy atom. The van der Waals surface area contributed by atoms with Gasteiger partial charge in [0, 0.05) is 13.0 Å². The molecule has 6 heteroatoms. The van der Waals surface area contributed by atoms with E-state index in [1.807, 2.05) is 29.6 Å². The number of thioether (sulfide) groups is 2. The lowest BCUT2D eigenvalue weighted by atomic mass is 10.2. The number of furan rings is 1. The highest BCUT2D eigenvalue weighted by Gasteiger charge is 2.39. The molecule has 0 saturated carbocycles. The molecule has 0 aliphatic carbocycles. The zero-order valence-electron chi connectivity index (χ0n) is 17.5. The Balaban J connectivity index is 1.78. The van der Waals surface area contributed by atoms with E-state index < -0.39 is 8.32 Å². The Labute approximate surface area is 183 Å². The molecule has 0 aromatic carbocycles. The normalized spacial score (nSPS) is 18.7. The highest BCUT2D eigenvalue weighted by molar-refractivity contribution is 9.11. The minimum absolute atomic E-state index is 0.0303. The molecule has 0 amide bonds. The number of unbranched alkanes of at least 4 members (excludes halogenated alkanes) is 2. The van der Waals surface area contributed by atoms with Crippen LogP contribution in [0.5, 0.6) is 0 Å². The first-order chi connectivity index (χ1) is 12.7. The van der Waals surface area contributed by atoms with Gasteiger partial charge in [-0.1, -0.05) is 42.8 Å². The van der Waals surface area contributed by atoms with Crippen molar-refractivity contribution in [2.24, 2.45) is 0 Å². The van der Waals surface area contributed by atoms with Crippen LogP contribution in [0.3, 0.4) is 0 Å². The summed E-state index contributed by atoms with van der Waals surface area (Å²) in [7, 11) is -1.60. The molecule has 0 N–H and O–H groups in total. The SMILES string of the molecule is CC(C)(C)[Si](C)(C)OCCCC/C=C(\Br)CC1(c2ccco2)SCCCS1. The molecule has 0 atom stereocenters. The van der Waals surface area contributed by atoms with Gasteiger partial charge in [-0.3, -0.25) is 0 Å². The second-order valence-corrected chi connectivity index (χ2v) is 17.6. The molecule has 2 nitrogen and oxygen atoms in total. The fourth-order valence-corrected chi connectivity index (χ4v) is 8.14. The minimum Gasteiger partial charge on any atom is -0.467 e.